The van der Waals surface area contributed by atoms with Crippen molar-refractivity contribution in [1.29, 1.82) is 0 Å². The highest BCUT2D eigenvalue weighted by Crippen LogP contribution is 2.38. The molecule has 2 aromatic rings. The number of benzene rings is 1. The molecule has 1 aliphatic rings. The third-order valence-electron chi connectivity index (χ3n) is 3.05. The highest BCUT2D eigenvalue weighted by Gasteiger charge is 2.15. The molecule has 1 aromatic carbocycles. The van der Waals surface area contributed by atoms with Crippen LogP contribution < -0.4 is 37.5 Å². The maximum Gasteiger partial charge on any atom is 0.243 e. The predicted octanol–water partition coefficient (Wildman–Crippen LogP) is -1.84. The van der Waals surface area contributed by atoms with Crippen molar-refractivity contribution in [3.05, 3.63) is 30.9 Å². The molecule has 1 aliphatic heterocycles. The molecule has 21 heavy (non-hydrogen) atoms. The maximum atomic E-state index is 5.97. The van der Waals surface area contributed by atoms with Crippen molar-refractivity contribution >= 4 is 23.8 Å². The minimum atomic E-state index is 0. The quantitative estimate of drug-likeness (QED) is 0.510. The number of imidazole rings is 1. The molecule has 0 saturated carbocycles. The van der Waals surface area contributed by atoms with Gasteiger partial charge in [0, 0.05) is 12.1 Å². The standard InChI is InChI=1S/C13H17N4O2.2ClH/c1-16-4-5-17(8-16)3-2-15-11-7-13-12(6-10(11)14)18-9-19-13;;/h4-8,15H,2-3,9,14H2,1H3;2*1H/q+1;;/p-1. The first kappa shape index (κ1) is 17.3. The Bertz CT molecular complexity index is 604. The monoisotopic (exact) mass is 332 g/mol. The summed E-state index contributed by atoms with van der Waals surface area (Å²) in [5.74, 6) is 1.45. The summed E-state index contributed by atoms with van der Waals surface area (Å²) in [5, 5.41) is 3.31. The maximum absolute atomic E-state index is 5.97. The van der Waals surface area contributed by atoms with Crippen LogP contribution in [-0.4, -0.2) is 17.9 Å². The van der Waals surface area contributed by atoms with Gasteiger partial charge in [0.1, 0.15) is 18.9 Å². The summed E-state index contributed by atoms with van der Waals surface area (Å²) >= 11 is 0. The number of nitrogen functional groups attached to an aromatic ring is 1. The van der Waals surface area contributed by atoms with Crippen molar-refractivity contribution in [1.82, 2.24) is 4.57 Å². The fraction of sp³-hybridized carbons (Fsp3) is 0.308. The lowest BCUT2D eigenvalue weighted by Crippen LogP contribution is -3.00. The van der Waals surface area contributed by atoms with Gasteiger partial charge < -0.3 is 32.9 Å². The van der Waals surface area contributed by atoms with E-state index in [0.717, 1.165) is 24.5 Å². The zero-order chi connectivity index (χ0) is 13.2. The molecule has 0 amide bonds. The van der Waals surface area contributed by atoms with Crippen LogP contribution >= 0.6 is 12.4 Å². The fourth-order valence-electron chi connectivity index (χ4n) is 2.06. The van der Waals surface area contributed by atoms with E-state index in [1.165, 1.54) is 0 Å². The van der Waals surface area contributed by atoms with E-state index < -0.39 is 0 Å². The molecular weight excluding hydrogens is 315 g/mol. The number of aromatic nitrogens is 2. The number of fused-ring (bicyclic) bond motifs is 1. The van der Waals surface area contributed by atoms with Crippen LogP contribution in [0.15, 0.2) is 30.9 Å². The van der Waals surface area contributed by atoms with Gasteiger partial charge in [0.25, 0.3) is 0 Å². The molecule has 116 valence electrons. The van der Waals surface area contributed by atoms with E-state index in [0.29, 0.717) is 11.4 Å². The second-order valence-corrected chi connectivity index (χ2v) is 4.54. The lowest BCUT2D eigenvalue weighted by molar-refractivity contribution is -0.693. The number of halogens is 2. The molecule has 1 aromatic heterocycles. The molecule has 0 aliphatic carbocycles. The first-order chi connectivity index (χ1) is 9.22. The SMILES string of the molecule is Cl.Cn1cc[n+](CCNc2cc3c(cc2N)OCO3)c1.[Cl-]. The number of nitrogens with one attached hydrogen (secondary N) is 1. The lowest BCUT2D eigenvalue weighted by Gasteiger charge is -2.09. The average Bonchev–Trinajstić information content (AvgIpc) is 2.98. The zero-order valence-corrected chi connectivity index (χ0v) is 13.2. The third-order valence-corrected chi connectivity index (χ3v) is 3.05. The van der Waals surface area contributed by atoms with Crippen molar-refractivity contribution in [3.63, 3.8) is 0 Å². The summed E-state index contributed by atoms with van der Waals surface area (Å²) in [6, 6.07) is 3.67. The molecule has 0 bridgehead atoms. The number of ether oxygens (including phenoxy) is 2. The predicted molar refractivity (Wildman–Crippen MR) is 78.3 cm³/mol. The lowest BCUT2D eigenvalue weighted by atomic mass is 10.2. The van der Waals surface area contributed by atoms with Gasteiger partial charge in [-0.1, -0.05) is 0 Å². The molecule has 0 unspecified atom stereocenters. The minimum absolute atomic E-state index is 0. The van der Waals surface area contributed by atoms with Crippen LogP contribution in [0.5, 0.6) is 11.5 Å². The highest BCUT2D eigenvalue weighted by molar-refractivity contribution is 5.85. The number of hydrogen-bond donors (Lipinski definition) is 2. The Balaban J connectivity index is 0.00000110. The van der Waals surface area contributed by atoms with Crippen molar-refractivity contribution in [2.24, 2.45) is 7.05 Å². The molecule has 3 N–H and O–H groups in total. The largest absolute Gasteiger partial charge is 1.00 e. The molecule has 0 fully saturated rings. The first-order valence-corrected chi connectivity index (χ1v) is 6.16. The number of aryl methyl sites for hydroxylation is 1. The Morgan fingerprint density at radius 1 is 1.33 bits per heavy atom. The summed E-state index contributed by atoms with van der Waals surface area (Å²) in [6.45, 7) is 1.92. The Kier molecular flexibility index (Phi) is 5.99. The molecular formula is C13H18Cl2N4O2. The second kappa shape index (κ2) is 7.28. The van der Waals surface area contributed by atoms with E-state index in [1.807, 2.05) is 36.4 Å². The smallest absolute Gasteiger partial charge is 0.243 e. The van der Waals surface area contributed by atoms with Gasteiger partial charge in [0.15, 0.2) is 11.5 Å². The summed E-state index contributed by atoms with van der Waals surface area (Å²) in [6.07, 6.45) is 6.07. The van der Waals surface area contributed by atoms with Gasteiger partial charge in [-0.25, -0.2) is 9.13 Å². The van der Waals surface area contributed by atoms with Gasteiger partial charge in [-0.15, -0.1) is 12.4 Å². The second-order valence-electron chi connectivity index (χ2n) is 4.54. The highest BCUT2D eigenvalue weighted by atomic mass is 35.5. The fourth-order valence-corrected chi connectivity index (χ4v) is 2.06. The minimum Gasteiger partial charge on any atom is -1.00 e. The first-order valence-electron chi connectivity index (χ1n) is 6.16. The third kappa shape index (κ3) is 3.86. The Morgan fingerprint density at radius 2 is 2.05 bits per heavy atom. The average molecular weight is 333 g/mol. The molecule has 8 heteroatoms. The number of hydrogen-bond acceptors (Lipinski definition) is 4. The van der Waals surface area contributed by atoms with Crippen LogP contribution in [0.2, 0.25) is 0 Å². The van der Waals surface area contributed by atoms with E-state index in [9.17, 15) is 0 Å². The van der Waals surface area contributed by atoms with Crippen molar-refractivity contribution < 1.29 is 26.4 Å². The molecule has 3 rings (SSSR count). The van der Waals surface area contributed by atoms with Gasteiger partial charge in [-0.05, 0) is 0 Å². The molecule has 2 heterocycles. The van der Waals surface area contributed by atoms with Crippen LogP contribution in [0.4, 0.5) is 11.4 Å². The summed E-state index contributed by atoms with van der Waals surface area (Å²) in [4.78, 5) is 0. The number of rotatable bonds is 4. The Labute approximate surface area is 135 Å². The van der Waals surface area contributed by atoms with Crippen LogP contribution in [-0.2, 0) is 13.6 Å². The van der Waals surface area contributed by atoms with Gasteiger partial charge >= 0.3 is 0 Å². The Morgan fingerprint density at radius 3 is 2.71 bits per heavy atom. The molecule has 0 atom stereocenters. The number of anilines is 2. The molecule has 0 saturated heterocycles. The van der Waals surface area contributed by atoms with E-state index >= 15 is 0 Å². The van der Waals surface area contributed by atoms with Crippen LogP contribution in [0.25, 0.3) is 0 Å². The van der Waals surface area contributed by atoms with E-state index in [1.54, 1.807) is 6.07 Å². The van der Waals surface area contributed by atoms with Gasteiger partial charge in [0.2, 0.25) is 13.1 Å². The van der Waals surface area contributed by atoms with Crippen LogP contribution in [0.3, 0.4) is 0 Å². The van der Waals surface area contributed by atoms with E-state index in [4.69, 9.17) is 15.2 Å². The van der Waals surface area contributed by atoms with Gasteiger partial charge in [0.05, 0.1) is 25.0 Å². The van der Waals surface area contributed by atoms with E-state index in [-0.39, 0.29) is 31.6 Å². The summed E-state index contributed by atoms with van der Waals surface area (Å²) in [5.41, 5.74) is 7.51. The van der Waals surface area contributed by atoms with Crippen LogP contribution in [0, 0.1) is 0 Å². The van der Waals surface area contributed by atoms with Crippen molar-refractivity contribution in [2.75, 3.05) is 24.4 Å². The number of nitrogens with zero attached hydrogens (tertiary/aromatic N) is 2. The van der Waals surface area contributed by atoms with Gasteiger partial charge in [-0.3, -0.25) is 0 Å². The Hall–Kier alpha value is -1.79. The molecule has 6 nitrogen and oxygen atoms in total. The zero-order valence-electron chi connectivity index (χ0n) is 11.6. The number of nitrogens with two attached hydrogens (primary N) is 1. The summed E-state index contributed by atoms with van der Waals surface area (Å²) in [7, 11) is 2.00. The van der Waals surface area contributed by atoms with Crippen molar-refractivity contribution in [2.45, 2.75) is 6.54 Å². The molecule has 0 spiro atoms. The molecule has 0 radical (unpaired) electrons. The summed E-state index contributed by atoms with van der Waals surface area (Å²) < 4.78 is 14.7. The van der Waals surface area contributed by atoms with E-state index in [2.05, 4.69) is 9.88 Å². The van der Waals surface area contributed by atoms with Crippen LogP contribution in [0.1, 0.15) is 0 Å². The van der Waals surface area contributed by atoms with Crippen molar-refractivity contribution in [3.8, 4) is 11.5 Å². The van der Waals surface area contributed by atoms with Gasteiger partial charge in [-0.2, -0.15) is 0 Å². The normalized spacial score (nSPS) is 11.5. The topological polar surface area (TPSA) is 65.3 Å².